The third-order valence-corrected chi connectivity index (χ3v) is 4.70. The molecule has 2 aromatic rings. The average Bonchev–Trinajstić information content (AvgIpc) is 2.68. The summed E-state index contributed by atoms with van der Waals surface area (Å²) >= 11 is 1.74. The first-order chi connectivity index (χ1) is 8.33. The maximum Gasteiger partial charge on any atom is 0.137 e. The van der Waals surface area contributed by atoms with Crippen LogP contribution in [0.1, 0.15) is 31.2 Å². The van der Waals surface area contributed by atoms with Crippen LogP contribution in [0.3, 0.4) is 0 Å². The van der Waals surface area contributed by atoms with E-state index in [1.54, 1.807) is 11.3 Å². The van der Waals surface area contributed by atoms with E-state index in [4.69, 9.17) is 0 Å². The zero-order valence-electron chi connectivity index (χ0n) is 9.82. The summed E-state index contributed by atoms with van der Waals surface area (Å²) in [5.41, 5.74) is 1.22. The molecule has 0 spiro atoms. The van der Waals surface area contributed by atoms with Crippen molar-refractivity contribution in [1.29, 1.82) is 0 Å². The van der Waals surface area contributed by atoms with Gasteiger partial charge in [-0.3, -0.25) is 4.79 Å². The van der Waals surface area contributed by atoms with Crippen LogP contribution >= 0.6 is 11.3 Å². The number of fused-ring (bicyclic) bond motifs is 1. The molecule has 1 heterocycles. The van der Waals surface area contributed by atoms with Gasteiger partial charge in [-0.25, -0.2) is 0 Å². The standard InChI is InChI=1S/C15H16OS/c16-13(8-11-4-3-5-11)9-12-10-17-15-7-2-1-6-14(12)15/h1-2,6-7,10-11H,3-5,8-9H2. The van der Waals surface area contributed by atoms with Crippen molar-refractivity contribution < 1.29 is 4.79 Å². The van der Waals surface area contributed by atoms with Gasteiger partial charge in [-0.15, -0.1) is 11.3 Å². The molecule has 0 radical (unpaired) electrons. The van der Waals surface area contributed by atoms with Gasteiger partial charge in [-0.1, -0.05) is 37.5 Å². The van der Waals surface area contributed by atoms with Crippen LogP contribution < -0.4 is 0 Å². The molecule has 1 aromatic heterocycles. The summed E-state index contributed by atoms with van der Waals surface area (Å²) in [6.07, 6.45) is 5.26. The summed E-state index contributed by atoms with van der Waals surface area (Å²) in [6.45, 7) is 0. The highest BCUT2D eigenvalue weighted by Gasteiger charge is 2.21. The zero-order chi connectivity index (χ0) is 11.7. The molecule has 1 aliphatic rings. The molecule has 0 bridgehead atoms. The third kappa shape index (κ3) is 2.27. The van der Waals surface area contributed by atoms with E-state index in [2.05, 4.69) is 29.6 Å². The van der Waals surface area contributed by atoms with Crippen molar-refractivity contribution in [3.05, 3.63) is 35.2 Å². The molecule has 0 amide bonds. The smallest absolute Gasteiger partial charge is 0.137 e. The third-order valence-electron chi connectivity index (χ3n) is 3.69. The Kier molecular flexibility index (Phi) is 2.98. The monoisotopic (exact) mass is 244 g/mol. The van der Waals surface area contributed by atoms with Crippen molar-refractivity contribution in [2.45, 2.75) is 32.1 Å². The Balaban J connectivity index is 1.73. The molecule has 0 unspecified atom stereocenters. The summed E-state index contributed by atoms with van der Waals surface area (Å²) < 4.78 is 1.29. The number of rotatable bonds is 4. The van der Waals surface area contributed by atoms with Crippen LogP contribution in [-0.2, 0) is 11.2 Å². The number of carbonyl (C=O) groups excluding carboxylic acids is 1. The molecule has 88 valence electrons. The highest BCUT2D eigenvalue weighted by molar-refractivity contribution is 7.17. The lowest BCUT2D eigenvalue weighted by Gasteiger charge is -2.24. The van der Waals surface area contributed by atoms with Crippen molar-refractivity contribution >= 4 is 27.2 Å². The van der Waals surface area contributed by atoms with Gasteiger partial charge in [0.25, 0.3) is 0 Å². The van der Waals surface area contributed by atoms with Gasteiger partial charge in [0, 0.05) is 17.5 Å². The highest BCUT2D eigenvalue weighted by Crippen LogP contribution is 2.31. The van der Waals surface area contributed by atoms with E-state index in [0.29, 0.717) is 18.1 Å². The molecule has 2 heteroatoms. The molecule has 0 atom stereocenters. The van der Waals surface area contributed by atoms with Crippen LogP contribution in [0, 0.1) is 5.92 Å². The van der Waals surface area contributed by atoms with Crippen LogP contribution in [0.2, 0.25) is 0 Å². The van der Waals surface area contributed by atoms with Crippen LogP contribution in [0.4, 0.5) is 0 Å². The van der Waals surface area contributed by atoms with Gasteiger partial charge in [0.2, 0.25) is 0 Å². The van der Waals surface area contributed by atoms with E-state index in [1.807, 2.05) is 0 Å². The molecule has 1 nitrogen and oxygen atoms in total. The largest absolute Gasteiger partial charge is 0.299 e. The highest BCUT2D eigenvalue weighted by atomic mass is 32.1. The molecule has 1 saturated carbocycles. The van der Waals surface area contributed by atoms with Crippen molar-refractivity contribution in [3.8, 4) is 0 Å². The van der Waals surface area contributed by atoms with Gasteiger partial charge in [0.05, 0.1) is 0 Å². The van der Waals surface area contributed by atoms with Crippen molar-refractivity contribution in [1.82, 2.24) is 0 Å². The molecule has 1 aliphatic carbocycles. The number of hydrogen-bond donors (Lipinski definition) is 0. The van der Waals surface area contributed by atoms with Gasteiger partial charge < -0.3 is 0 Å². The minimum atomic E-state index is 0.415. The van der Waals surface area contributed by atoms with Crippen molar-refractivity contribution in [3.63, 3.8) is 0 Å². The van der Waals surface area contributed by atoms with Crippen LogP contribution in [0.5, 0.6) is 0 Å². The van der Waals surface area contributed by atoms with E-state index in [-0.39, 0.29) is 0 Å². The molecule has 0 saturated heterocycles. The number of thiophene rings is 1. The average molecular weight is 244 g/mol. The summed E-state index contributed by atoms with van der Waals surface area (Å²) in [7, 11) is 0. The van der Waals surface area contributed by atoms with Gasteiger partial charge in [-0.05, 0) is 28.3 Å². The quantitative estimate of drug-likeness (QED) is 0.787. The first-order valence-electron chi connectivity index (χ1n) is 6.30. The number of ketones is 1. The van der Waals surface area contributed by atoms with E-state index < -0.39 is 0 Å². The lowest BCUT2D eigenvalue weighted by atomic mass is 9.81. The van der Waals surface area contributed by atoms with E-state index in [1.165, 1.54) is 34.9 Å². The van der Waals surface area contributed by atoms with Crippen LogP contribution in [-0.4, -0.2) is 5.78 Å². The van der Waals surface area contributed by atoms with Gasteiger partial charge >= 0.3 is 0 Å². The lowest BCUT2D eigenvalue weighted by molar-refractivity contribution is -0.119. The second-order valence-corrected chi connectivity index (χ2v) is 5.88. The first kappa shape index (κ1) is 11.0. The molecular formula is C15H16OS. The van der Waals surface area contributed by atoms with Crippen molar-refractivity contribution in [2.75, 3.05) is 0 Å². The Morgan fingerprint density at radius 3 is 2.88 bits per heavy atom. The Morgan fingerprint density at radius 2 is 2.12 bits per heavy atom. The predicted octanol–water partition coefficient (Wildman–Crippen LogP) is 4.20. The fraction of sp³-hybridized carbons (Fsp3) is 0.400. The summed E-state index contributed by atoms with van der Waals surface area (Å²) in [5, 5.41) is 3.41. The molecule has 0 aliphatic heterocycles. The van der Waals surface area contributed by atoms with Gasteiger partial charge in [-0.2, -0.15) is 0 Å². The summed E-state index contributed by atoms with van der Waals surface area (Å²) in [6, 6.07) is 8.35. The number of carbonyl (C=O) groups is 1. The lowest BCUT2D eigenvalue weighted by Crippen LogP contribution is -2.16. The second-order valence-electron chi connectivity index (χ2n) is 4.97. The fourth-order valence-electron chi connectivity index (χ4n) is 2.47. The molecule has 0 N–H and O–H groups in total. The summed E-state index contributed by atoms with van der Waals surface area (Å²) in [5.74, 6) is 1.10. The Hall–Kier alpha value is -1.15. The maximum absolute atomic E-state index is 12.0. The molecule has 1 aromatic carbocycles. The molecule has 1 fully saturated rings. The molecular weight excluding hydrogens is 228 g/mol. The maximum atomic E-state index is 12.0. The molecule has 17 heavy (non-hydrogen) atoms. The van der Waals surface area contributed by atoms with E-state index >= 15 is 0 Å². The number of hydrogen-bond acceptors (Lipinski definition) is 2. The SMILES string of the molecule is O=C(Cc1csc2ccccc12)CC1CCC1. The molecule has 3 rings (SSSR count). The Morgan fingerprint density at radius 1 is 1.29 bits per heavy atom. The Bertz CT molecular complexity index is 537. The second kappa shape index (κ2) is 4.61. The number of Topliss-reactive ketones (excluding diaryl/α,β-unsaturated/α-hetero) is 1. The topological polar surface area (TPSA) is 17.1 Å². The predicted molar refractivity (Wildman–Crippen MR) is 72.5 cm³/mol. The Labute approximate surface area is 105 Å². The zero-order valence-corrected chi connectivity index (χ0v) is 10.6. The summed E-state index contributed by atoms with van der Waals surface area (Å²) in [4.78, 5) is 12.0. The van der Waals surface area contributed by atoms with Gasteiger partial charge in [0.15, 0.2) is 0 Å². The number of benzene rings is 1. The minimum absolute atomic E-state index is 0.415. The normalized spacial score (nSPS) is 16.0. The van der Waals surface area contributed by atoms with Gasteiger partial charge in [0.1, 0.15) is 5.78 Å². The van der Waals surface area contributed by atoms with E-state index in [9.17, 15) is 4.79 Å². The minimum Gasteiger partial charge on any atom is -0.299 e. The van der Waals surface area contributed by atoms with E-state index in [0.717, 1.165) is 6.42 Å². The van der Waals surface area contributed by atoms with Crippen LogP contribution in [0.15, 0.2) is 29.6 Å². The first-order valence-corrected chi connectivity index (χ1v) is 7.18. The van der Waals surface area contributed by atoms with Crippen molar-refractivity contribution in [2.24, 2.45) is 5.92 Å². The fourth-order valence-corrected chi connectivity index (χ4v) is 3.44. The van der Waals surface area contributed by atoms with Crippen LogP contribution in [0.25, 0.3) is 10.1 Å².